The van der Waals surface area contributed by atoms with E-state index in [1.165, 1.54) is 12.8 Å². The van der Waals surface area contributed by atoms with Crippen LogP contribution in [0.25, 0.3) is 0 Å². The minimum atomic E-state index is 0.475. The summed E-state index contributed by atoms with van der Waals surface area (Å²) in [6.07, 6.45) is 5.40. The van der Waals surface area contributed by atoms with Gasteiger partial charge in [0.2, 0.25) is 5.89 Å². The van der Waals surface area contributed by atoms with Crippen molar-refractivity contribution < 1.29 is 4.52 Å². The van der Waals surface area contributed by atoms with Crippen molar-refractivity contribution in [3.8, 4) is 0 Å². The van der Waals surface area contributed by atoms with E-state index >= 15 is 0 Å². The molecule has 0 atom stereocenters. The van der Waals surface area contributed by atoms with Gasteiger partial charge < -0.3 is 9.84 Å². The molecule has 0 aromatic carbocycles. The van der Waals surface area contributed by atoms with Crippen molar-refractivity contribution in [3.05, 3.63) is 23.6 Å². The van der Waals surface area contributed by atoms with E-state index in [-0.39, 0.29) is 0 Å². The Labute approximate surface area is 111 Å². The summed E-state index contributed by atoms with van der Waals surface area (Å²) in [4.78, 5) is 4.24. The van der Waals surface area contributed by atoms with Crippen LogP contribution in [-0.2, 0) is 19.5 Å². The number of hydrogen-bond donors (Lipinski definition) is 1. The van der Waals surface area contributed by atoms with Gasteiger partial charge in [0.15, 0.2) is 5.82 Å². The minimum absolute atomic E-state index is 0.475. The van der Waals surface area contributed by atoms with Crippen molar-refractivity contribution in [2.24, 2.45) is 5.92 Å². The summed E-state index contributed by atoms with van der Waals surface area (Å²) in [6, 6.07) is 0. The summed E-state index contributed by atoms with van der Waals surface area (Å²) in [6.45, 7) is 4.31. The van der Waals surface area contributed by atoms with Gasteiger partial charge in [0.1, 0.15) is 6.54 Å². The van der Waals surface area contributed by atoms with Crippen molar-refractivity contribution in [2.45, 2.75) is 39.3 Å². The van der Waals surface area contributed by atoms with Crippen molar-refractivity contribution in [3.63, 3.8) is 0 Å². The molecule has 1 N–H and O–H groups in total. The Balaban J connectivity index is 1.51. The van der Waals surface area contributed by atoms with E-state index in [2.05, 4.69) is 25.8 Å². The van der Waals surface area contributed by atoms with E-state index < -0.39 is 0 Å². The van der Waals surface area contributed by atoms with Gasteiger partial charge in [0.05, 0.1) is 11.9 Å². The molecule has 0 spiro atoms. The standard InChI is InChI=1S/C12H18N6O/c1-2-11-14-12(19-16-11)8-18-7-10(15-17-18)6-13-5-9-3-4-9/h7,9,13H,2-6,8H2,1H3. The van der Waals surface area contributed by atoms with Crippen LogP contribution >= 0.6 is 0 Å². The Morgan fingerprint density at radius 3 is 3.11 bits per heavy atom. The summed E-state index contributed by atoms with van der Waals surface area (Å²) in [5, 5.41) is 15.4. The Morgan fingerprint density at radius 1 is 1.47 bits per heavy atom. The molecule has 0 saturated heterocycles. The lowest BCUT2D eigenvalue weighted by atomic mass is 10.4. The monoisotopic (exact) mass is 262 g/mol. The highest BCUT2D eigenvalue weighted by atomic mass is 16.5. The fourth-order valence-corrected chi connectivity index (χ4v) is 1.86. The molecule has 7 heteroatoms. The molecule has 0 radical (unpaired) electrons. The smallest absolute Gasteiger partial charge is 0.248 e. The molecule has 102 valence electrons. The third-order valence-corrected chi connectivity index (χ3v) is 3.15. The summed E-state index contributed by atoms with van der Waals surface area (Å²) in [5.41, 5.74) is 0.941. The van der Waals surface area contributed by atoms with Gasteiger partial charge in [0, 0.05) is 13.0 Å². The van der Waals surface area contributed by atoms with Gasteiger partial charge in [-0.25, -0.2) is 4.68 Å². The average molecular weight is 262 g/mol. The third-order valence-electron chi connectivity index (χ3n) is 3.15. The largest absolute Gasteiger partial charge is 0.337 e. The van der Waals surface area contributed by atoms with Gasteiger partial charge in [-0.2, -0.15) is 4.98 Å². The zero-order chi connectivity index (χ0) is 13.1. The van der Waals surface area contributed by atoms with Crippen molar-refractivity contribution in [1.82, 2.24) is 30.5 Å². The normalized spacial score (nSPS) is 15.0. The molecule has 0 amide bonds. The molecule has 1 fully saturated rings. The Kier molecular flexibility index (Phi) is 3.54. The summed E-state index contributed by atoms with van der Waals surface area (Å²) >= 11 is 0. The topological polar surface area (TPSA) is 81.7 Å². The number of aromatic nitrogens is 5. The number of rotatable bonds is 7. The summed E-state index contributed by atoms with van der Waals surface area (Å²) in [7, 11) is 0. The lowest BCUT2D eigenvalue weighted by molar-refractivity contribution is 0.360. The molecular weight excluding hydrogens is 244 g/mol. The highest BCUT2D eigenvalue weighted by molar-refractivity contribution is 4.94. The summed E-state index contributed by atoms with van der Waals surface area (Å²) in [5.74, 6) is 2.17. The molecule has 1 aliphatic rings. The van der Waals surface area contributed by atoms with Crippen LogP contribution in [0.2, 0.25) is 0 Å². The first-order valence-electron chi connectivity index (χ1n) is 6.74. The second-order valence-electron chi connectivity index (χ2n) is 4.94. The lowest BCUT2D eigenvalue weighted by Crippen LogP contribution is -2.16. The quantitative estimate of drug-likeness (QED) is 0.793. The Hall–Kier alpha value is -1.76. The first kappa shape index (κ1) is 12.3. The van der Waals surface area contributed by atoms with Crippen LogP contribution in [0.15, 0.2) is 10.7 Å². The van der Waals surface area contributed by atoms with Crippen molar-refractivity contribution in [1.29, 1.82) is 0 Å². The molecule has 2 heterocycles. The van der Waals surface area contributed by atoms with E-state index in [9.17, 15) is 0 Å². The molecule has 1 saturated carbocycles. The first-order chi connectivity index (χ1) is 9.33. The van der Waals surface area contributed by atoms with Crippen LogP contribution in [0.5, 0.6) is 0 Å². The second kappa shape index (κ2) is 5.48. The minimum Gasteiger partial charge on any atom is -0.337 e. The zero-order valence-electron chi connectivity index (χ0n) is 11.0. The molecule has 3 rings (SSSR count). The number of hydrogen-bond acceptors (Lipinski definition) is 6. The van der Waals surface area contributed by atoms with Crippen LogP contribution in [-0.4, -0.2) is 31.7 Å². The maximum atomic E-state index is 5.12. The fourth-order valence-electron chi connectivity index (χ4n) is 1.86. The van der Waals surface area contributed by atoms with Crippen LogP contribution < -0.4 is 5.32 Å². The van der Waals surface area contributed by atoms with E-state index in [0.29, 0.717) is 12.4 Å². The predicted octanol–water partition coefficient (Wildman–Crippen LogP) is 0.771. The third kappa shape index (κ3) is 3.37. The number of nitrogens with zero attached hydrogens (tertiary/aromatic N) is 5. The van der Waals surface area contributed by atoms with E-state index in [4.69, 9.17) is 4.52 Å². The van der Waals surface area contributed by atoms with Crippen LogP contribution in [0.1, 0.15) is 37.2 Å². The SMILES string of the molecule is CCc1noc(Cn2cc(CNCC3CC3)nn2)n1. The fraction of sp³-hybridized carbons (Fsp3) is 0.667. The van der Waals surface area contributed by atoms with Gasteiger partial charge in [-0.15, -0.1) is 5.10 Å². The van der Waals surface area contributed by atoms with Crippen LogP contribution in [0.4, 0.5) is 0 Å². The van der Waals surface area contributed by atoms with Crippen LogP contribution in [0, 0.1) is 5.92 Å². The van der Waals surface area contributed by atoms with Gasteiger partial charge in [-0.3, -0.25) is 0 Å². The molecule has 19 heavy (non-hydrogen) atoms. The first-order valence-corrected chi connectivity index (χ1v) is 6.74. The average Bonchev–Trinajstić information content (AvgIpc) is 2.96. The Morgan fingerprint density at radius 2 is 2.37 bits per heavy atom. The maximum absolute atomic E-state index is 5.12. The summed E-state index contributed by atoms with van der Waals surface area (Å²) < 4.78 is 6.85. The Bertz CT molecular complexity index is 530. The van der Waals surface area contributed by atoms with Gasteiger partial charge in [0.25, 0.3) is 0 Å². The molecule has 0 unspecified atom stereocenters. The molecular formula is C12H18N6O. The van der Waals surface area contributed by atoms with Gasteiger partial charge >= 0.3 is 0 Å². The van der Waals surface area contributed by atoms with Crippen LogP contribution in [0.3, 0.4) is 0 Å². The molecule has 2 aromatic rings. The molecule has 7 nitrogen and oxygen atoms in total. The molecule has 0 bridgehead atoms. The zero-order valence-corrected chi connectivity index (χ0v) is 11.0. The molecule has 0 aliphatic heterocycles. The number of aryl methyl sites for hydroxylation is 1. The van der Waals surface area contributed by atoms with Crippen molar-refractivity contribution in [2.75, 3.05) is 6.54 Å². The predicted molar refractivity (Wildman–Crippen MR) is 67.2 cm³/mol. The second-order valence-corrected chi connectivity index (χ2v) is 4.94. The highest BCUT2D eigenvalue weighted by Crippen LogP contribution is 2.27. The van der Waals surface area contributed by atoms with Gasteiger partial charge in [-0.05, 0) is 25.3 Å². The molecule has 2 aromatic heterocycles. The maximum Gasteiger partial charge on any atom is 0.248 e. The van der Waals surface area contributed by atoms with E-state index in [0.717, 1.165) is 36.9 Å². The lowest BCUT2D eigenvalue weighted by Gasteiger charge is -1.98. The van der Waals surface area contributed by atoms with Crippen molar-refractivity contribution >= 4 is 0 Å². The van der Waals surface area contributed by atoms with E-state index in [1.807, 2.05) is 13.1 Å². The highest BCUT2D eigenvalue weighted by Gasteiger charge is 2.20. The van der Waals surface area contributed by atoms with E-state index in [1.54, 1.807) is 4.68 Å². The van der Waals surface area contributed by atoms with Gasteiger partial charge in [-0.1, -0.05) is 17.3 Å². The molecule has 1 aliphatic carbocycles. The number of nitrogens with one attached hydrogen (secondary N) is 1.